The SMILES string of the molecule is CCC(NC)c1ccc(-n2ccc(C(C)C)n2)cc1. The summed E-state index contributed by atoms with van der Waals surface area (Å²) < 4.78 is 1.94. The first-order valence-electron chi connectivity index (χ1n) is 6.98. The molecule has 0 radical (unpaired) electrons. The van der Waals surface area contributed by atoms with Gasteiger partial charge in [0.1, 0.15) is 0 Å². The molecule has 0 saturated heterocycles. The molecule has 1 aromatic carbocycles. The van der Waals surface area contributed by atoms with Gasteiger partial charge in [-0.3, -0.25) is 0 Å². The third-order valence-corrected chi connectivity index (χ3v) is 3.52. The number of benzene rings is 1. The summed E-state index contributed by atoms with van der Waals surface area (Å²) >= 11 is 0. The molecule has 2 rings (SSSR count). The van der Waals surface area contributed by atoms with Gasteiger partial charge in [0.25, 0.3) is 0 Å². The summed E-state index contributed by atoms with van der Waals surface area (Å²) in [4.78, 5) is 0. The first-order valence-corrected chi connectivity index (χ1v) is 6.98. The van der Waals surface area contributed by atoms with Crippen LogP contribution in [0.5, 0.6) is 0 Å². The summed E-state index contributed by atoms with van der Waals surface area (Å²) in [6.45, 7) is 6.51. The number of nitrogens with one attached hydrogen (secondary N) is 1. The van der Waals surface area contributed by atoms with Crippen LogP contribution in [0.2, 0.25) is 0 Å². The van der Waals surface area contributed by atoms with Crippen molar-refractivity contribution in [2.75, 3.05) is 7.05 Å². The molecule has 0 aliphatic carbocycles. The van der Waals surface area contributed by atoms with Gasteiger partial charge in [0, 0.05) is 12.2 Å². The van der Waals surface area contributed by atoms with Crippen LogP contribution in [0.15, 0.2) is 36.5 Å². The van der Waals surface area contributed by atoms with E-state index in [1.807, 2.05) is 17.9 Å². The molecule has 1 aromatic heterocycles. The molecule has 19 heavy (non-hydrogen) atoms. The Morgan fingerprint density at radius 2 is 1.84 bits per heavy atom. The van der Waals surface area contributed by atoms with Crippen molar-refractivity contribution in [1.29, 1.82) is 0 Å². The molecule has 0 aliphatic heterocycles. The van der Waals surface area contributed by atoms with E-state index in [2.05, 4.69) is 61.5 Å². The fraction of sp³-hybridized carbons (Fsp3) is 0.438. The summed E-state index contributed by atoms with van der Waals surface area (Å²) in [5.41, 5.74) is 3.57. The number of hydrogen-bond donors (Lipinski definition) is 1. The molecule has 102 valence electrons. The van der Waals surface area contributed by atoms with Crippen LogP contribution in [0.4, 0.5) is 0 Å². The monoisotopic (exact) mass is 257 g/mol. The highest BCUT2D eigenvalue weighted by molar-refractivity contribution is 5.35. The highest BCUT2D eigenvalue weighted by Crippen LogP contribution is 2.19. The summed E-state index contributed by atoms with van der Waals surface area (Å²) in [5, 5.41) is 7.92. The van der Waals surface area contributed by atoms with Crippen molar-refractivity contribution >= 4 is 0 Å². The lowest BCUT2D eigenvalue weighted by Crippen LogP contribution is -2.15. The Morgan fingerprint density at radius 3 is 2.32 bits per heavy atom. The average molecular weight is 257 g/mol. The molecule has 0 spiro atoms. The third kappa shape index (κ3) is 3.04. The van der Waals surface area contributed by atoms with E-state index in [4.69, 9.17) is 0 Å². The highest BCUT2D eigenvalue weighted by Gasteiger charge is 2.08. The zero-order valence-electron chi connectivity index (χ0n) is 12.2. The predicted molar refractivity (Wildman–Crippen MR) is 79.7 cm³/mol. The van der Waals surface area contributed by atoms with Gasteiger partial charge in [0.15, 0.2) is 0 Å². The fourth-order valence-electron chi connectivity index (χ4n) is 2.26. The van der Waals surface area contributed by atoms with E-state index in [0.717, 1.165) is 17.8 Å². The van der Waals surface area contributed by atoms with Gasteiger partial charge in [-0.15, -0.1) is 0 Å². The number of hydrogen-bond acceptors (Lipinski definition) is 2. The van der Waals surface area contributed by atoms with Crippen LogP contribution in [0, 0.1) is 0 Å². The van der Waals surface area contributed by atoms with Gasteiger partial charge in [-0.2, -0.15) is 5.10 Å². The Hall–Kier alpha value is -1.61. The van der Waals surface area contributed by atoms with Gasteiger partial charge >= 0.3 is 0 Å². The van der Waals surface area contributed by atoms with E-state index in [1.54, 1.807) is 0 Å². The van der Waals surface area contributed by atoms with Gasteiger partial charge in [-0.05, 0) is 43.1 Å². The Kier molecular flexibility index (Phi) is 4.38. The molecular weight excluding hydrogens is 234 g/mol. The molecular formula is C16H23N3. The molecule has 1 N–H and O–H groups in total. The first-order chi connectivity index (χ1) is 9.15. The van der Waals surface area contributed by atoms with E-state index in [1.165, 1.54) is 5.56 Å². The zero-order chi connectivity index (χ0) is 13.8. The quantitative estimate of drug-likeness (QED) is 0.885. The van der Waals surface area contributed by atoms with Crippen molar-refractivity contribution in [2.24, 2.45) is 0 Å². The Bertz CT molecular complexity index is 507. The average Bonchev–Trinajstić information content (AvgIpc) is 2.91. The van der Waals surface area contributed by atoms with Crippen molar-refractivity contribution in [2.45, 2.75) is 39.2 Å². The Morgan fingerprint density at radius 1 is 1.16 bits per heavy atom. The number of aromatic nitrogens is 2. The summed E-state index contributed by atoms with van der Waals surface area (Å²) in [7, 11) is 2.00. The van der Waals surface area contributed by atoms with Gasteiger partial charge in [0.2, 0.25) is 0 Å². The van der Waals surface area contributed by atoms with E-state index in [-0.39, 0.29) is 0 Å². The first kappa shape index (κ1) is 13.8. The lowest BCUT2D eigenvalue weighted by Gasteiger charge is -2.14. The predicted octanol–water partition coefficient (Wildman–Crippen LogP) is 3.67. The zero-order valence-corrected chi connectivity index (χ0v) is 12.2. The minimum atomic E-state index is 0.429. The molecule has 0 amide bonds. The van der Waals surface area contributed by atoms with Gasteiger partial charge in [-0.25, -0.2) is 4.68 Å². The minimum Gasteiger partial charge on any atom is -0.313 e. The lowest BCUT2D eigenvalue weighted by molar-refractivity contribution is 0.577. The van der Waals surface area contributed by atoms with Crippen LogP contribution < -0.4 is 5.32 Å². The normalized spacial score (nSPS) is 12.9. The van der Waals surface area contributed by atoms with Crippen molar-refractivity contribution < 1.29 is 0 Å². The van der Waals surface area contributed by atoms with Gasteiger partial charge in [-0.1, -0.05) is 32.9 Å². The van der Waals surface area contributed by atoms with E-state index >= 15 is 0 Å². The van der Waals surface area contributed by atoms with Crippen molar-refractivity contribution in [1.82, 2.24) is 15.1 Å². The summed E-state index contributed by atoms with van der Waals surface area (Å²) in [5.74, 6) is 0.467. The van der Waals surface area contributed by atoms with Gasteiger partial charge < -0.3 is 5.32 Å². The largest absolute Gasteiger partial charge is 0.313 e. The summed E-state index contributed by atoms with van der Waals surface area (Å²) in [6.07, 6.45) is 3.12. The fourth-order valence-corrected chi connectivity index (χ4v) is 2.26. The van der Waals surface area contributed by atoms with Crippen LogP contribution in [0.3, 0.4) is 0 Å². The lowest BCUT2D eigenvalue weighted by atomic mass is 10.0. The number of rotatable bonds is 5. The summed E-state index contributed by atoms with van der Waals surface area (Å²) in [6, 6.07) is 11.1. The topological polar surface area (TPSA) is 29.9 Å². The van der Waals surface area contributed by atoms with Crippen molar-refractivity contribution in [3.63, 3.8) is 0 Å². The second-order valence-corrected chi connectivity index (χ2v) is 5.18. The van der Waals surface area contributed by atoms with Crippen LogP contribution in [-0.2, 0) is 0 Å². The van der Waals surface area contributed by atoms with Gasteiger partial charge in [0.05, 0.1) is 11.4 Å². The molecule has 1 unspecified atom stereocenters. The molecule has 1 heterocycles. The highest BCUT2D eigenvalue weighted by atomic mass is 15.3. The van der Waals surface area contributed by atoms with Crippen LogP contribution in [0.25, 0.3) is 5.69 Å². The number of nitrogens with zero attached hydrogens (tertiary/aromatic N) is 2. The van der Waals surface area contributed by atoms with Crippen molar-refractivity contribution in [3.8, 4) is 5.69 Å². The molecule has 2 aromatic rings. The third-order valence-electron chi connectivity index (χ3n) is 3.52. The second-order valence-electron chi connectivity index (χ2n) is 5.18. The second kappa shape index (κ2) is 6.02. The maximum Gasteiger partial charge on any atom is 0.0654 e. The molecule has 3 nitrogen and oxygen atoms in total. The van der Waals surface area contributed by atoms with Crippen molar-refractivity contribution in [3.05, 3.63) is 47.8 Å². The molecule has 3 heteroatoms. The minimum absolute atomic E-state index is 0.429. The van der Waals surface area contributed by atoms with Crippen LogP contribution in [0.1, 0.15) is 50.4 Å². The maximum absolute atomic E-state index is 4.60. The smallest absolute Gasteiger partial charge is 0.0654 e. The van der Waals surface area contributed by atoms with E-state index in [9.17, 15) is 0 Å². The van der Waals surface area contributed by atoms with Crippen LogP contribution >= 0.6 is 0 Å². The Labute approximate surface area is 115 Å². The molecule has 0 saturated carbocycles. The molecule has 0 aliphatic rings. The Balaban J connectivity index is 2.21. The van der Waals surface area contributed by atoms with E-state index < -0.39 is 0 Å². The standard InChI is InChI=1S/C16H23N3/c1-5-15(17-4)13-6-8-14(9-7-13)19-11-10-16(18-19)12(2)3/h6-12,15,17H,5H2,1-4H3. The molecule has 1 atom stereocenters. The van der Waals surface area contributed by atoms with Crippen LogP contribution in [-0.4, -0.2) is 16.8 Å². The molecule has 0 bridgehead atoms. The molecule has 0 fully saturated rings. The van der Waals surface area contributed by atoms with E-state index in [0.29, 0.717) is 12.0 Å². The maximum atomic E-state index is 4.60.